The number of hydrogen-bond donors (Lipinski definition) is 1. The summed E-state index contributed by atoms with van der Waals surface area (Å²) in [7, 11) is 1.93. The van der Waals surface area contributed by atoms with Crippen LogP contribution in [0.5, 0.6) is 0 Å². The molecule has 1 aliphatic rings. The summed E-state index contributed by atoms with van der Waals surface area (Å²) in [5.41, 5.74) is 7.33. The second-order valence-corrected chi connectivity index (χ2v) is 5.89. The average molecular weight is 316 g/mol. The Labute approximate surface area is 117 Å². The van der Waals surface area contributed by atoms with Crippen LogP contribution >= 0.6 is 15.9 Å². The molecule has 0 spiro atoms. The van der Waals surface area contributed by atoms with E-state index in [9.17, 15) is 0 Å². The topological polar surface area (TPSA) is 53.1 Å². The predicted octanol–water partition coefficient (Wildman–Crippen LogP) is 2.92. The Bertz CT molecular complexity index is 374. The van der Waals surface area contributed by atoms with Crippen molar-refractivity contribution >= 4 is 15.9 Å². The lowest BCUT2D eigenvalue weighted by molar-refractivity contribution is -0.0846. The van der Waals surface area contributed by atoms with Gasteiger partial charge in [-0.2, -0.15) is 5.10 Å². The number of ether oxygens (including phenoxy) is 1. The van der Waals surface area contributed by atoms with Crippen LogP contribution in [-0.4, -0.2) is 22.0 Å². The summed E-state index contributed by atoms with van der Waals surface area (Å²) in [4.78, 5) is 0. The van der Waals surface area contributed by atoms with Crippen molar-refractivity contribution in [2.24, 2.45) is 12.8 Å². The molecule has 102 valence electrons. The molecule has 2 rings (SSSR count). The number of halogens is 1. The van der Waals surface area contributed by atoms with Crippen molar-refractivity contribution in [1.29, 1.82) is 0 Å². The van der Waals surface area contributed by atoms with Crippen LogP contribution in [0.4, 0.5) is 0 Å². The van der Waals surface area contributed by atoms with Gasteiger partial charge in [-0.05, 0) is 35.7 Å². The third-order valence-electron chi connectivity index (χ3n) is 3.93. The maximum absolute atomic E-state index is 6.52. The third kappa shape index (κ3) is 2.49. The lowest BCUT2D eigenvalue weighted by Gasteiger charge is -2.41. The van der Waals surface area contributed by atoms with Crippen LogP contribution in [0, 0.1) is 0 Å². The van der Waals surface area contributed by atoms with E-state index in [-0.39, 0.29) is 11.6 Å². The van der Waals surface area contributed by atoms with E-state index in [1.54, 1.807) is 6.20 Å². The van der Waals surface area contributed by atoms with E-state index in [2.05, 4.69) is 21.0 Å². The molecule has 0 aliphatic heterocycles. The molecule has 1 atom stereocenters. The van der Waals surface area contributed by atoms with Gasteiger partial charge in [0.1, 0.15) is 0 Å². The summed E-state index contributed by atoms with van der Waals surface area (Å²) in [5, 5.41) is 4.26. The van der Waals surface area contributed by atoms with Gasteiger partial charge in [-0.1, -0.05) is 19.3 Å². The molecule has 4 nitrogen and oxygen atoms in total. The number of hydrogen-bond acceptors (Lipinski definition) is 3. The highest BCUT2D eigenvalue weighted by molar-refractivity contribution is 9.10. The Morgan fingerprint density at radius 2 is 2.17 bits per heavy atom. The number of aromatic nitrogens is 2. The zero-order chi connectivity index (χ0) is 13.2. The van der Waals surface area contributed by atoms with Crippen LogP contribution in [0.3, 0.4) is 0 Å². The molecular weight excluding hydrogens is 294 g/mol. The molecular formula is C13H22BrN3O. The second-order valence-electron chi connectivity index (χ2n) is 5.04. The van der Waals surface area contributed by atoms with E-state index < -0.39 is 0 Å². The fraction of sp³-hybridized carbons (Fsp3) is 0.769. The van der Waals surface area contributed by atoms with Crippen LogP contribution in [0.25, 0.3) is 0 Å². The smallest absolute Gasteiger partial charge is 0.0889 e. The second kappa shape index (κ2) is 5.72. The summed E-state index contributed by atoms with van der Waals surface area (Å²) in [6.45, 7) is 2.75. The molecule has 1 heterocycles. The first kappa shape index (κ1) is 14.0. The number of aryl methyl sites for hydroxylation is 1. The molecule has 1 aromatic rings. The molecule has 2 N–H and O–H groups in total. The molecule has 0 bridgehead atoms. The van der Waals surface area contributed by atoms with Crippen LogP contribution in [0.15, 0.2) is 10.7 Å². The third-order valence-corrected chi connectivity index (χ3v) is 4.54. The van der Waals surface area contributed by atoms with Crippen molar-refractivity contribution in [3.8, 4) is 0 Å². The molecule has 0 saturated heterocycles. The lowest BCUT2D eigenvalue weighted by Crippen LogP contribution is -2.46. The SMILES string of the molecule is CCOC1(C(N)c2c(Br)cnn2C)CCCCC1. The van der Waals surface area contributed by atoms with Crippen LogP contribution < -0.4 is 5.73 Å². The van der Waals surface area contributed by atoms with Gasteiger partial charge in [0.25, 0.3) is 0 Å². The van der Waals surface area contributed by atoms with Crippen molar-refractivity contribution in [1.82, 2.24) is 9.78 Å². The molecule has 1 saturated carbocycles. The lowest BCUT2D eigenvalue weighted by atomic mass is 9.78. The zero-order valence-electron chi connectivity index (χ0n) is 11.2. The van der Waals surface area contributed by atoms with E-state index in [0.717, 1.165) is 23.0 Å². The number of nitrogens with two attached hydrogens (primary N) is 1. The van der Waals surface area contributed by atoms with Gasteiger partial charge in [-0.25, -0.2) is 0 Å². The van der Waals surface area contributed by atoms with Crippen LogP contribution in [-0.2, 0) is 11.8 Å². The molecule has 1 unspecified atom stereocenters. The summed E-state index contributed by atoms with van der Waals surface area (Å²) in [6, 6.07) is -0.125. The Hall–Kier alpha value is -0.390. The molecule has 18 heavy (non-hydrogen) atoms. The molecule has 1 aromatic heterocycles. The van der Waals surface area contributed by atoms with Gasteiger partial charge in [0.15, 0.2) is 0 Å². The van der Waals surface area contributed by atoms with Crippen molar-refractivity contribution < 1.29 is 4.74 Å². The Morgan fingerprint density at radius 1 is 1.50 bits per heavy atom. The van der Waals surface area contributed by atoms with Gasteiger partial charge < -0.3 is 10.5 Å². The van der Waals surface area contributed by atoms with Crippen molar-refractivity contribution in [2.45, 2.75) is 50.7 Å². The maximum Gasteiger partial charge on any atom is 0.0889 e. The van der Waals surface area contributed by atoms with Crippen molar-refractivity contribution in [3.63, 3.8) is 0 Å². The van der Waals surface area contributed by atoms with Crippen molar-refractivity contribution in [2.75, 3.05) is 6.61 Å². The van der Waals surface area contributed by atoms with E-state index in [1.165, 1.54) is 19.3 Å². The minimum atomic E-state index is -0.219. The predicted molar refractivity (Wildman–Crippen MR) is 75.3 cm³/mol. The van der Waals surface area contributed by atoms with Gasteiger partial charge >= 0.3 is 0 Å². The van der Waals surface area contributed by atoms with Crippen LogP contribution in [0.2, 0.25) is 0 Å². The number of rotatable bonds is 4. The fourth-order valence-corrected chi connectivity index (χ4v) is 3.60. The normalized spacial score (nSPS) is 20.9. The standard InChI is InChI=1S/C13H22BrN3O/c1-3-18-13(7-5-4-6-8-13)12(15)11-10(14)9-16-17(11)2/h9,12H,3-8,15H2,1-2H3. The maximum atomic E-state index is 6.52. The van der Waals surface area contributed by atoms with Crippen LogP contribution in [0.1, 0.15) is 50.8 Å². The largest absolute Gasteiger partial charge is 0.373 e. The first-order valence-electron chi connectivity index (χ1n) is 6.67. The van der Waals surface area contributed by atoms with Gasteiger partial charge in [0.2, 0.25) is 0 Å². The van der Waals surface area contributed by atoms with E-state index in [0.29, 0.717) is 6.61 Å². The minimum absolute atomic E-state index is 0.125. The first-order chi connectivity index (χ1) is 8.60. The van der Waals surface area contributed by atoms with Crippen molar-refractivity contribution in [3.05, 3.63) is 16.4 Å². The molecule has 0 radical (unpaired) electrons. The summed E-state index contributed by atoms with van der Waals surface area (Å²) in [5.74, 6) is 0. The fourth-order valence-electron chi connectivity index (χ4n) is 3.00. The quantitative estimate of drug-likeness (QED) is 0.929. The highest BCUT2D eigenvalue weighted by Crippen LogP contribution is 2.41. The van der Waals surface area contributed by atoms with E-state index in [4.69, 9.17) is 10.5 Å². The van der Waals surface area contributed by atoms with Gasteiger partial charge in [-0.3, -0.25) is 4.68 Å². The Morgan fingerprint density at radius 3 is 2.67 bits per heavy atom. The summed E-state index contributed by atoms with van der Waals surface area (Å²) < 4.78 is 8.90. The first-order valence-corrected chi connectivity index (χ1v) is 7.47. The number of nitrogens with zero attached hydrogens (tertiary/aromatic N) is 2. The molecule has 1 aliphatic carbocycles. The highest BCUT2D eigenvalue weighted by atomic mass is 79.9. The monoisotopic (exact) mass is 315 g/mol. The minimum Gasteiger partial charge on any atom is -0.373 e. The summed E-state index contributed by atoms with van der Waals surface area (Å²) in [6.07, 6.45) is 7.57. The van der Waals surface area contributed by atoms with E-state index in [1.807, 2.05) is 18.7 Å². The molecule has 1 fully saturated rings. The Balaban J connectivity index is 2.30. The zero-order valence-corrected chi connectivity index (χ0v) is 12.7. The molecule has 0 aromatic carbocycles. The van der Waals surface area contributed by atoms with Gasteiger partial charge in [0.05, 0.1) is 28.0 Å². The highest BCUT2D eigenvalue weighted by Gasteiger charge is 2.41. The summed E-state index contributed by atoms with van der Waals surface area (Å²) >= 11 is 3.54. The van der Waals surface area contributed by atoms with Gasteiger partial charge in [-0.15, -0.1) is 0 Å². The Kier molecular flexibility index (Phi) is 4.45. The average Bonchev–Trinajstić information content (AvgIpc) is 2.70. The molecule has 0 amide bonds. The van der Waals surface area contributed by atoms with Gasteiger partial charge in [0, 0.05) is 13.7 Å². The molecule has 5 heteroatoms. The van der Waals surface area contributed by atoms with E-state index >= 15 is 0 Å².